The largest absolute Gasteiger partial charge is 0.504 e. The Bertz CT molecular complexity index is 1800. The molecule has 18 nitrogen and oxygen atoms in total. The van der Waals surface area contributed by atoms with Crippen molar-refractivity contribution in [2.45, 2.75) is 63.6 Å². The monoisotopic (exact) mass is 721 g/mol. The number of anilines is 1. The van der Waals surface area contributed by atoms with Crippen LogP contribution in [0.2, 0.25) is 0 Å². The smallest absolute Gasteiger partial charge is 0.461 e. The summed E-state index contributed by atoms with van der Waals surface area (Å²) in [5, 5.41) is 25.1. The van der Waals surface area contributed by atoms with Gasteiger partial charge in [0, 0.05) is 30.2 Å². The first-order valence-electron chi connectivity index (χ1n) is 15.3. The third-order valence-electron chi connectivity index (χ3n) is 7.67. The summed E-state index contributed by atoms with van der Waals surface area (Å²) in [6.07, 6.45) is 1.71. The topological polar surface area (TPSA) is 246 Å². The summed E-state index contributed by atoms with van der Waals surface area (Å²) in [5.41, 5.74) is 6.33. The highest BCUT2D eigenvalue weighted by atomic mass is 31.2. The number of aromatic hydroxyl groups is 1. The summed E-state index contributed by atoms with van der Waals surface area (Å²) < 4.78 is 57.4. The Morgan fingerprint density at radius 2 is 2.06 bits per heavy atom. The van der Waals surface area contributed by atoms with E-state index >= 15 is 4.39 Å². The summed E-state index contributed by atoms with van der Waals surface area (Å²) in [7, 11) is -2.05. The molecular weight excluding hydrogens is 684 g/mol. The van der Waals surface area contributed by atoms with Crippen LogP contribution in [0.15, 0.2) is 64.4 Å². The molecule has 50 heavy (non-hydrogen) atoms. The van der Waals surface area contributed by atoms with Crippen LogP contribution in [0.25, 0.3) is 10.4 Å². The van der Waals surface area contributed by atoms with E-state index in [0.29, 0.717) is 6.42 Å². The van der Waals surface area contributed by atoms with Gasteiger partial charge in [-0.1, -0.05) is 25.0 Å². The molecule has 2 aromatic rings. The Balaban J connectivity index is 0.00000276. The fraction of sp³-hybridized carbons (Fsp3) is 0.467. The molecule has 1 amide bonds. The number of rotatable bonds is 13. The second-order valence-electron chi connectivity index (χ2n) is 11.2. The van der Waals surface area contributed by atoms with E-state index in [2.05, 4.69) is 25.4 Å². The average molecular weight is 722 g/mol. The summed E-state index contributed by atoms with van der Waals surface area (Å²) in [6.45, 7) is 2.76. The number of nitrogens with one attached hydrogen (secondary N) is 2. The second-order valence-corrected chi connectivity index (χ2v) is 12.9. The number of phenolic OH excluding ortho intramolecular Hbond substituents is 1. The Labute approximate surface area is 285 Å². The van der Waals surface area contributed by atoms with Gasteiger partial charge in [0.25, 0.3) is 5.91 Å². The summed E-state index contributed by atoms with van der Waals surface area (Å²) >= 11 is 0. The standard InChI is InChI=1S/C29H33FN7O10P.CH4O/c1-16(2)29(35-36-31)24(39)26(46-29)34-48(42,47-18-7-5-4-6-8-18)44-15-19-14-20(30)27(45-19)37-12-11-23(33-28(37)41)32-25(40)17-9-10-21(38)22(13-17)43-3;1-2/h5,7-13,16,19-20,26-27,38H,4,6,14-15H2,1-3H3,(H,34,42)(H,32,33,40,41);2H,1H3/t19?,20?,26-,27?,29?,48?;/m1./s1. The molecule has 2 saturated heterocycles. The fourth-order valence-electron chi connectivity index (χ4n) is 5.13. The molecular formula is C30H37FN7O11P. The normalized spacial score (nSPS) is 25.3. The lowest BCUT2D eigenvalue weighted by atomic mass is 9.90. The Kier molecular flexibility index (Phi) is 12.5. The molecule has 4 N–H and O–H groups in total. The number of benzene rings is 1. The number of hydrogen-bond donors (Lipinski definition) is 4. The van der Waals surface area contributed by atoms with Crippen molar-refractivity contribution in [3.63, 3.8) is 0 Å². The molecule has 1 aromatic carbocycles. The van der Waals surface area contributed by atoms with Crippen molar-refractivity contribution in [3.8, 4) is 11.5 Å². The SMILES string of the molecule is CO.COc1cc(C(=O)Nc2ccn(C3OC(COP(=O)(N[C@@H]4OC(N=[N+]=[N-])(C(C)C)C4=O)OC4=CCCC=C4)CC3F)c(=O)n2)ccc1O. The number of amides is 1. The molecule has 20 heteroatoms. The van der Waals surface area contributed by atoms with Gasteiger partial charge in [-0.25, -0.2) is 13.8 Å². The van der Waals surface area contributed by atoms with Crippen molar-refractivity contribution in [1.82, 2.24) is 14.6 Å². The van der Waals surface area contributed by atoms with Gasteiger partial charge in [0.2, 0.25) is 11.5 Å². The molecule has 270 valence electrons. The zero-order chi connectivity index (χ0) is 36.6. The van der Waals surface area contributed by atoms with Crippen LogP contribution in [0.3, 0.4) is 0 Å². The molecule has 3 heterocycles. The molecule has 1 aromatic heterocycles. The molecule has 3 aliphatic rings. The van der Waals surface area contributed by atoms with Crippen LogP contribution in [0.4, 0.5) is 10.2 Å². The van der Waals surface area contributed by atoms with E-state index in [1.54, 1.807) is 32.1 Å². The molecule has 5 rings (SSSR count). The Morgan fingerprint density at radius 3 is 2.68 bits per heavy atom. The number of methoxy groups -OCH3 is 1. The van der Waals surface area contributed by atoms with Gasteiger partial charge >= 0.3 is 13.4 Å². The van der Waals surface area contributed by atoms with Crippen LogP contribution in [-0.4, -0.2) is 76.5 Å². The molecule has 0 radical (unpaired) electrons. The summed E-state index contributed by atoms with van der Waals surface area (Å²) in [6, 6.07) is 5.19. The number of aromatic nitrogens is 2. The van der Waals surface area contributed by atoms with Crippen LogP contribution in [-0.2, 0) is 27.9 Å². The number of carbonyl (C=O) groups excluding carboxylic acids is 2. The highest BCUT2D eigenvalue weighted by Gasteiger charge is 2.59. The lowest BCUT2D eigenvalue weighted by Gasteiger charge is -2.45. The minimum Gasteiger partial charge on any atom is -0.504 e. The molecule has 2 aliphatic heterocycles. The average Bonchev–Trinajstić information content (AvgIpc) is 3.47. The number of nitrogens with zero attached hydrogens (tertiary/aromatic N) is 5. The first-order chi connectivity index (χ1) is 23.9. The van der Waals surface area contributed by atoms with E-state index < -0.39 is 68.1 Å². The number of aliphatic hydroxyl groups excluding tert-OH is 1. The van der Waals surface area contributed by atoms with E-state index in [1.165, 1.54) is 37.6 Å². The van der Waals surface area contributed by atoms with Crippen molar-refractivity contribution in [3.05, 3.63) is 80.9 Å². The fourth-order valence-corrected chi connectivity index (χ4v) is 6.54. The van der Waals surface area contributed by atoms with Gasteiger partial charge < -0.3 is 34.3 Å². The van der Waals surface area contributed by atoms with Crippen LogP contribution in [0.1, 0.15) is 49.7 Å². The lowest BCUT2D eigenvalue weighted by molar-refractivity contribution is -0.214. The van der Waals surface area contributed by atoms with Gasteiger partial charge in [-0.3, -0.25) is 18.7 Å². The maximum absolute atomic E-state index is 15.2. The maximum Gasteiger partial charge on any atom is 0.461 e. The van der Waals surface area contributed by atoms with Gasteiger partial charge in [-0.05, 0) is 60.7 Å². The number of ether oxygens (including phenoxy) is 3. The van der Waals surface area contributed by atoms with Gasteiger partial charge in [-0.15, -0.1) is 0 Å². The summed E-state index contributed by atoms with van der Waals surface area (Å²) in [4.78, 5) is 44.9. The van der Waals surface area contributed by atoms with Gasteiger partial charge in [0.05, 0.1) is 19.8 Å². The first-order valence-corrected chi connectivity index (χ1v) is 16.8. The van der Waals surface area contributed by atoms with Gasteiger partial charge in [0.15, 0.2) is 24.0 Å². The number of hydrogen-bond acceptors (Lipinski definition) is 13. The zero-order valence-electron chi connectivity index (χ0n) is 27.5. The van der Waals surface area contributed by atoms with E-state index in [9.17, 15) is 24.1 Å². The number of phenols is 1. The Morgan fingerprint density at radius 1 is 1.30 bits per heavy atom. The molecule has 1 aliphatic carbocycles. The maximum atomic E-state index is 15.2. The third kappa shape index (κ3) is 8.39. The number of azide groups is 1. The third-order valence-corrected chi connectivity index (χ3v) is 9.16. The van der Waals surface area contributed by atoms with E-state index in [-0.39, 0.29) is 35.1 Å². The van der Waals surface area contributed by atoms with Gasteiger partial charge in [-0.2, -0.15) is 10.1 Å². The van der Waals surface area contributed by atoms with Crippen molar-refractivity contribution >= 4 is 25.3 Å². The quantitative estimate of drug-likeness (QED) is 0.0990. The molecule has 0 spiro atoms. The highest BCUT2D eigenvalue weighted by Crippen LogP contribution is 2.51. The number of ketones is 1. The van der Waals surface area contributed by atoms with E-state index in [1.807, 2.05) is 0 Å². The Hall–Kier alpha value is -4.61. The van der Waals surface area contributed by atoms with Crippen molar-refractivity contribution in [1.29, 1.82) is 0 Å². The molecule has 0 bridgehead atoms. The minimum atomic E-state index is -4.37. The van der Waals surface area contributed by atoms with Crippen LogP contribution in [0, 0.1) is 5.92 Å². The van der Waals surface area contributed by atoms with Gasteiger partial charge in [0.1, 0.15) is 17.7 Å². The van der Waals surface area contributed by atoms with Crippen LogP contribution < -0.4 is 20.8 Å². The zero-order valence-corrected chi connectivity index (χ0v) is 28.4. The summed E-state index contributed by atoms with van der Waals surface area (Å²) in [5.74, 6) is -1.85. The lowest BCUT2D eigenvalue weighted by Crippen LogP contribution is -2.66. The number of Topliss-reactive ketones (excluding diaryl/α,β-unsaturated/α-hetero) is 1. The number of carbonyl (C=O) groups is 2. The number of halogens is 1. The molecule has 0 saturated carbocycles. The van der Waals surface area contributed by atoms with Crippen LogP contribution in [0.5, 0.6) is 11.5 Å². The van der Waals surface area contributed by atoms with Crippen molar-refractivity contribution in [2.24, 2.45) is 11.0 Å². The highest BCUT2D eigenvalue weighted by molar-refractivity contribution is 7.51. The van der Waals surface area contributed by atoms with E-state index in [4.69, 9.17) is 33.9 Å². The van der Waals surface area contributed by atoms with E-state index in [0.717, 1.165) is 18.1 Å². The van der Waals surface area contributed by atoms with Crippen molar-refractivity contribution in [2.75, 3.05) is 26.1 Å². The predicted molar refractivity (Wildman–Crippen MR) is 174 cm³/mol. The molecule has 6 atom stereocenters. The number of allylic oxidation sites excluding steroid dienone is 3. The minimum absolute atomic E-state index is 0.0712. The first kappa shape index (κ1) is 38.2. The number of aliphatic hydroxyl groups is 1. The predicted octanol–water partition coefficient (Wildman–Crippen LogP) is 4.00. The molecule has 2 fully saturated rings. The van der Waals surface area contributed by atoms with Crippen molar-refractivity contribution < 1.29 is 52.0 Å². The van der Waals surface area contributed by atoms with Crippen LogP contribution >= 0.6 is 7.75 Å². The second kappa shape index (κ2) is 16.4. The number of alkyl halides is 1. The molecule has 5 unspecified atom stereocenters.